The second kappa shape index (κ2) is 6.66. The molecular weight excluding hydrogens is 347 g/mol. The van der Waals surface area contributed by atoms with Crippen LogP contribution in [0.1, 0.15) is 32.3 Å². The third-order valence-corrected chi connectivity index (χ3v) is 5.33. The van der Waals surface area contributed by atoms with Crippen molar-refractivity contribution >= 4 is 29.2 Å². The van der Waals surface area contributed by atoms with Crippen LogP contribution in [-0.4, -0.2) is 29.9 Å². The van der Waals surface area contributed by atoms with E-state index < -0.39 is 0 Å². The van der Waals surface area contributed by atoms with Gasteiger partial charge in [0, 0.05) is 17.1 Å². The number of benzene rings is 2. The van der Waals surface area contributed by atoms with Crippen molar-refractivity contribution in [2.75, 3.05) is 6.61 Å². The van der Waals surface area contributed by atoms with E-state index in [1.54, 1.807) is 0 Å². The van der Waals surface area contributed by atoms with Gasteiger partial charge >= 0.3 is 6.92 Å². The smallest absolute Gasteiger partial charge is 0.394 e. The predicted octanol–water partition coefficient (Wildman–Crippen LogP) is 4.23. The summed E-state index contributed by atoms with van der Waals surface area (Å²) in [5, 5.41) is 1.10. The molecule has 3 aromatic rings. The van der Waals surface area contributed by atoms with Crippen LogP contribution in [0.4, 0.5) is 0 Å². The van der Waals surface area contributed by atoms with E-state index in [2.05, 4.69) is 55.2 Å². The van der Waals surface area contributed by atoms with Crippen molar-refractivity contribution in [1.82, 2.24) is 4.98 Å². The largest absolute Gasteiger partial charge is 0.554 e. The van der Waals surface area contributed by atoms with Gasteiger partial charge in [-0.2, -0.15) is 0 Å². The first kappa shape index (κ1) is 17.3. The highest BCUT2D eigenvalue weighted by Crippen LogP contribution is 2.40. The molecule has 5 heteroatoms. The van der Waals surface area contributed by atoms with Crippen LogP contribution in [-0.2, 0) is 4.74 Å². The van der Waals surface area contributed by atoms with Crippen molar-refractivity contribution in [3.63, 3.8) is 0 Å². The summed E-state index contributed by atoms with van der Waals surface area (Å²) < 4.78 is 12.4. The van der Waals surface area contributed by atoms with Crippen LogP contribution in [0.25, 0.3) is 10.9 Å². The Morgan fingerprint density at radius 3 is 2.68 bits per heavy atom. The Balaban J connectivity index is 1.49. The Kier molecular flexibility index (Phi) is 4.11. The van der Waals surface area contributed by atoms with E-state index in [0.29, 0.717) is 12.4 Å². The van der Waals surface area contributed by atoms with Crippen molar-refractivity contribution in [1.29, 1.82) is 0 Å². The molecule has 0 saturated heterocycles. The molecule has 0 radical (unpaired) electrons. The number of fused-ring (bicyclic) bond motifs is 1. The van der Waals surface area contributed by atoms with Crippen molar-refractivity contribution in [2.45, 2.75) is 38.0 Å². The molecule has 0 spiro atoms. The molecule has 0 N–H and O–H groups in total. The standard InChI is InChI=1S/C23H23BN2O2/c1-23(2)15-27-22(26-23)17-7-3-9-19(14-17)24(18-11-12-18)28-20-10-4-6-16-8-5-13-25-21(16)20/h3-10,13-14,18H,11-12,15H2,1-2H3. The summed E-state index contributed by atoms with van der Waals surface area (Å²) in [6.45, 7) is 4.82. The monoisotopic (exact) mass is 370 g/mol. The topological polar surface area (TPSA) is 43.7 Å². The van der Waals surface area contributed by atoms with Gasteiger partial charge in [-0.1, -0.05) is 49.2 Å². The Labute approximate surface area is 165 Å². The van der Waals surface area contributed by atoms with Crippen molar-refractivity contribution in [3.05, 3.63) is 66.4 Å². The highest BCUT2D eigenvalue weighted by atomic mass is 16.5. The summed E-state index contributed by atoms with van der Waals surface area (Å²) in [5.74, 6) is 2.11. The lowest BCUT2D eigenvalue weighted by Crippen LogP contribution is -2.37. The first-order valence-electron chi connectivity index (χ1n) is 9.92. The molecule has 4 nitrogen and oxygen atoms in total. The molecule has 2 heterocycles. The normalized spacial score (nSPS) is 17.9. The maximum atomic E-state index is 6.55. The average Bonchev–Trinajstić information content (AvgIpc) is 3.48. The molecule has 2 aromatic carbocycles. The maximum absolute atomic E-state index is 6.55. The summed E-state index contributed by atoms with van der Waals surface area (Å²) in [5.41, 5.74) is 2.95. The van der Waals surface area contributed by atoms with Gasteiger partial charge in [0.1, 0.15) is 17.9 Å². The van der Waals surface area contributed by atoms with Gasteiger partial charge in [-0.25, -0.2) is 4.99 Å². The number of aromatic nitrogens is 1. The number of ether oxygens (including phenoxy) is 1. The molecule has 2 aliphatic rings. The third kappa shape index (κ3) is 3.37. The van der Waals surface area contributed by atoms with E-state index in [4.69, 9.17) is 14.4 Å². The second-order valence-corrected chi connectivity index (χ2v) is 8.35. The van der Waals surface area contributed by atoms with Crippen LogP contribution in [0.2, 0.25) is 5.82 Å². The average molecular weight is 370 g/mol. The van der Waals surface area contributed by atoms with Gasteiger partial charge in [0.25, 0.3) is 0 Å². The zero-order valence-electron chi connectivity index (χ0n) is 16.3. The Bertz CT molecular complexity index is 1050. The van der Waals surface area contributed by atoms with Gasteiger partial charge in [0.15, 0.2) is 0 Å². The van der Waals surface area contributed by atoms with Crippen LogP contribution in [0.5, 0.6) is 5.75 Å². The van der Waals surface area contributed by atoms with E-state index in [1.807, 2.05) is 24.4 Å². The molecule has 1 aromatic heterocycles. The Morgan fingerprint density at radius 1 is 1.07 bits per heavy atom. The first-order chi connectivity index (χ1) is 13.6. The minimum Gasteiger partial charge on any atom is -0.554 e. The minimum absolute atomic E-state index is 0.0163. The van der Waals surface area contributed by atoms with E-state index in [1.165, 1.54) is 18.3 Å². The van der Waals surface area contributed by atoms with E-state index in [0.717, 1.165) is 28.1 Å². The molecule has 0 atom stereocenters. The van der Waals surface area contributed by atoms with Crippen LogP contribution in [0, 0.1) is 0 Å². The van der Waals surface area contributed by atoms with Gasteiger partial charge in [-0.15, -0.1) is 0 Å². The minimum atomic E-state index is -0.160. The number of hydrogen-bond acceptors (Lipinski definition) is 4. The molecule has 0 unspecified atom stereocenters. The van der Waals surface area contributed by atoms with Crippen LogP contribution in [0.15, 0.2) is 65.8 Å². The first-order valence-corrected chi connectivity index (χ1v) is 9.92. The lowest BCUT2D eigenvalue weighted by Gasteiger charge is -2.17. The Hall–Kier alpha value is -2.82. The lowest BCUT2D eigenvalue weighted by molar-refractivity contribution is 0.279. The summed E-state index contributed by atoms with van der Waals surface area (Å²) in [6, 6.07) is 18.6. The SMILES string of the molecule is CC1(C)COC(c2cccc(B(Oc3cccc4cccnc34)C3CC3)c2)=N1. The molecule has 1 aliphatic heterocycles. The summed E-state index contributed by atoms with van der Waals surface area (Å²) in [7, 11) is 0. The molecule has 140 valence electrons. The fraction of sp³-hybridized carbons (Fsp3) is 0.304. The highest BCUT2D eigenvalue weighted by molar-refractivity contribution is 6.70. The van der Waals surface area contributed by atoms with Crippen molar-refractivity contribution in [3.8, 4) is 5.75 Å². The zero-order valence-corrected chi connectivity index (χ0v) is 16.3. The van der Waals surface area contributed by atoms with Gasteiger partial charge in [-0.05, 0) is 43.3 Å². The number of pyridine rings is 1. The molecule has 0 amide bonds. The quantitative estimate of drug-likeness (QED) is 0.632. The van der Waals surface area contributed by atoms with Crippen LogP contribution >= 0.6 is 0 Å². The van der Waals surface area contributed by atoms with Crippen molar-refractivity contribution < 1.29 is 9.39 Å². The van der Waals surface area contributed by atoms with Gasteiger partial charge in [0.2, 0.25) is 5.90 Å². The Morgan fingerprint density at radius 2 is 1.89 bits per heavy atom. The second-order valence-electron chi connectivity index (χ2n) is 8.35. The van der Waals surface area contributed by atoms with Gasteiger partial charge in [0.05, 0.1) is 5.54 Å². The summed E-state index contributed by atoms with van der Waals surface area (Å²) >= 11 is 0. The maximum Gasteiger partial charge on any atom is 0.394 e. The number of nitrogens with zero attached hydrogens (tertiary/aromatic N) is 2. The third-order valence-electron chi connectivity index (χ3n) is 5.33. The number of aliphatic imine (C=N–C) groups is 1. The van der Waals surface area contributed by atoms with Crippen LogP contribution in [0.3, 0.4) is 0 Å². The highest BCUT2D eigenvalue weighted by Gasteiger charge is 2.40. The van der Waals surface area contributed by atoms with Crippen molar-refractivity contribution in [2.24, 2.45) is 4.99 Å². The summed E-state index contributed by atoms with van der Waals surface area (Å²) in [4.78, 5) is 9.26. The number of rotatable bonds is 5. The van der Waals surface area contributed by atoms with E-state index >= 15 is 0 Å². The molecule has 1 saturated carbocycles. The molecule has 5 rings (SSSR count). The summed E-state index contributed by atoms with van der Waals surface area (Å²) in [6.07, 6.45) is 4.20. The predicted molar refractivity (Wildman–Crippen MR) is 114 cm³/mol. The molecule has 28 heavy (non-hydrogen) atoms. The van der Waals surface area contributed by atoms with Gasteiger partial charge in [-0.3, -0.25) is 4.98 Å². The van der Waals surface area contributed by atoms with Gasteiger partial charge < -0.3 is 9.39 Å². The van der Waals surface area contributed by atoms with Crippen LogP contribution < -0.4 is 10.1 Å². The molecule has 0 bridgehead atoms. The number of hydrogen-bond donors (Lipinski definition) is 0. The van der Waals surface area contributed by atoms with E-state index in [9.17, 15) is 0 Å². The molecule has 1 fully saturated rings. The fourth-order valence-electron chi connectivity index (χ4n) is 3.72. The van der Waals surface area contributed by atoms with E-state index in [-0.39, 0.29) is 12.5 Å². The fourth-order valence-corrected chi connectivity index (χ4v) is 3.72. The molecule has 1 aliphatic carbocycles. The lowest BCUT2D eigenvalue weighted by atomic mass is 9.56. The zero-order chi connectivity index (χ0) is 19.1. The number of para-hydroxylation sites is 1. The molecular formula is C23H23BN2O2.